The molecule has 0 saturated carbocycles. The van der Waals surface area contributed by atoms with Crippen molar-refractivity contribution in [2.75, 3.05) is 20.4 Å². The summed E-state index contributed by atoms with van der Waals surface area (Å²) < 4.78 is 10.4. The minimum atomic E-state index is -1.03. The highest BCUT2D eigenvalue weighted by Crippen LogP contribution is 2.32. The molecule has 114 valence electrons. The van der Waals surface area contributed by atoms with Gasteiger partial charge in [0.1, 0.15) is 6.04 Å². The number of hydrogen-bond acceptors (Lipinski definition) is 6. The second-order valence-electron chi connectivity index (χ2n) is 4.85. The van der Waals surface area contributed by atoms with Crippen LogP contribution in [0.25, 0.3) is 0 Å². The lowest BCUT2D eigenvalue weighted by Gasteiger charge is -2.26. The van der Waals surface area contributed by atoms with Crippen molar-refractivity contribution in [3.63, 3.8) is 0 Å². The molecular weight excluding hydrogens is 276 g/mol. The van der Waals surface area contributed by atoms with Crippen molar-refractivity contribution < 1.29 is 24.2 Å². The molecule has 1 aliphatic rings. The van der Waals surface area contributed by atoms with Crippen molar-refractivity contribution in [2.24, 2.45) is 5.73 Å². The first-order valence-electron chi connectivity index (χ1n) is 6.52. The van der Waals surface area contributed by atoms with Crippen LogP contribution in [0, 0.1) is 0 Å². The number of amides is 1. The lowest BCUT2D eigenvalue weighted by atomic mass is 10.0. The van der Waals surface area contributed by atoms with E-state index in [2.05, 4.69) is 0 Å². The number of hydrogen-bond donors (Lipinski definition) is 2. The van der Waals surface area contributed by atoms with Crippen LogP contribution in [0.1, 0.15) is 17.3 Å². The number of Topliss-reactive ketones (excluding diaryl/α,β-unsaturated/α-hetero) is 1. The van der Waals surface area contributed by atoms with Gasteiger partial charge < -0.3 is 25.2 Å². The number of ether oxygens (including phenoxy) is 2. The molecule has 2 atom stereocenters. The molecule has 0 radical (unpaired) electrons. The van der Waals surface area contributed by atoms with Gasteiger partial charge in [-0.15, -0.1) is 0 Å². The molecular formula is C14H18N2O5. The fourth-order valence-corrected chi connectivity index (χ4v) is 2.00. The van der Waals surface area contributed by atoms with E-state index in [0.29, 0.717) is 17.1 Å². The predicted molar refractivity (Wildman–Crippen MR) is 74.2 cm³/mol. The van der Waals surface area contributed by atoms with Crippen molar-refractivity contribution in [3.05, 3.63) is 23.8 Å². The minimum Gasteiger partial charge on any atom is -0.454 e. The van der Waals surface area contributed by atoms with E-state index >= 15 is 0 Å². The molecule has 0 unspecified atom stereocenters. The lowest BCUT2D eigenvalue weighted by molar-refractivity contribution is -0.133. The maximum atomic E-state index is 12.4. The molecule has 3 N–H and O–H groups in total. The van der Waals surface area contributed by atoms with Gasteiger partial charge in [0.05, 0.1) is 12.6 Å². The van der Waals surface area contributed by atoms with Gasteiger partial charge in [0.2, 0.25) is 12.7 Å². The highest BCUT2D eigenvalue weighted by atomic mass is 16.7. The summed E-state index contributed by atoms with van der Waals surface area (Å²) in [5.74, 6) is 0.369. The largest absolute Gasteiger partial charge is 0.454 e. The Balaban J connectivity index is 2.14. The van der Waals surface area contributed by atoms with Crippen molar-refractivity contribution in [1.82, 2.24) is 4.90 Å². The predicted octanol–water partition coefficient (Wildman–Crippen LogP) is -0.235. The zero-order valence-corrected chi connectivity index (χ0v) is 11.9. The third-order valence-electron chi connectivity index (χ3n) is 3.48. The SMILES string of the molecule is C[C@@H](C(=O)c1ccc2c(c1)OCO2)N(C)C(=O)[C@@H](N)CO. The molecule has 2 rings (SSSR count). The first-order chi connectivity index (χ1) is 9.95. The van der Waals surface area contributed by atoms with E-state index in [-0.39, 0.29) is 12.6 Å². The molecule has 0 saturated heterocycles. The first-order valence-corrected chi connectivity index (χ1v) is 6.52. The third kappa shape index (κ3) is 2.98. The Morgan fingerprint density at radius 3 is 2.71 bits per heavy atom. The zero-order chi connectivity index (χ0) is 15.6. The Hall–Kier alpha value is -2.12. The average Bonchev–Trinajstić information content (AvgIpc) is 2.98. The molecule has 1 aliphatic heterocycles. The fraction of sp³-hybridized carbons (Fsp3) is 0.429. The van der Waals surface area contributed by atoms with Crippen molar-refractivity contribution in [3.8, 4) is 11.5 Å². The monoisotopic (exact) mass is 294 g/mol. The summed E-state index contributed by atoms with van der Waals surface area (Å²) >= 11 is 0. The standard InChI is InChI=1S/C14H18N2O5/c1-8(16(2)14(19)10(15)6-17)13(18)9-3-4-11-12(5-9)21-7-20-11/h3-5,8,10,17H,6-7,15H2,1-2H3/t8-,10-/m0/s1. The maximum Gasteiger partial charge on any atom is 0.242 e. The van der Waals surface area contributed by atoms with Gasteiger partial charge in [-0.25, -0.2) is 0 Å². The number of benzene rings is 1. The number of carbonyl (C=O) groups is 2. The Morgan fingerprint density at radius 2 is 2.05 bits per heavy atom. The van der Waals surface area contributed by atoms with E-state index in [9.17, 15) is 9.59 Å². The number of carbonyl (C=O) groups excluding carboxylic acids is 2. The van der Waals surface area contributed by atoms with Crippen molar-refractivity contribution in [1.29, 1.82) is 0 Å². The molecule has 7 heteroatoms. The molecule has 21 heavy (non-hydrogen) atoms. The number of aliphatic hydroxyl groups is 1. The van der Waals surface area contributed by atoms with E-state index < -0.39 is 24.6 Å². The smallest absolute Gasteiger partial charge is 0.242 e. The summed E-state index contributed by atoms with van der Waals surface area (Å²) in [6.45, 7) is 1.27. The van der Waals surface area contributed by atoms with Crippen molar-refractivity contribution >= 4 is 11.7 Å². The van der Waals surface area contributed by atoms with Crippen LogP contribution in [0.4, 0.5) is 0 Å². The summed E-state index contributed by atoms with van der Waals surface area (Å²) in [7, 11) is 1.48. The molecule has 1 aromatic carbocycles. The number of nitrogens with zero attached hydrogens (tertiary/aromatic N) is 1. The molecule has 0 fully saturated rings. The summed E-state index contributed by atoms with van der Waals surface area (Å²) in [5, 5.41) is 8.91. The summed E-state index contributed by atoms with van der Waals surface area (Å²) in [5.41, 5.74) is 5.90. The quantitative estimate of drug-likeness (QED) is 0.727. The topological polar surface area (TPSA) is 102 Å². The van der Waals surface area contributed by atoms with Crippen LogP contribution in [-0.2, 0) is 4.79 Å². The molecule has 7 nitrogen and oxygen atoms in total. The zero-order valence-electron chi connectivity index (χ0n) is 11.9. The highest BCUT2D eigenvalue weighted by Gasteiger charge is 2.27. The van der Waals surface area contributed by atoms with Crippen LogP contribution in [0.5, 0.6) is 11.5 Å². The van der Waals surface area contributed by atoms with E-state index in [4.69, 9.17) is 20.3 Å². The molecule has 1 amide bonds. The second-order valence-corrected chi connectivity index (χ2v) is 4.85. The lowest BCUT2D eigenvalue weighted by Crippen LogP contribution is -2.49. The molecule has 0 bridgehead atoms. The number of aliphatic hydroxyl groups excluding tert-OH is 1. The maximum absolute atomic E-state index is 12.4. The Bertz CT molecular complexity index is 560. The van der Waals surface area contributed by atoms with Gasteiger partial charge in [0.15, 0.2) is 17.3 Å². The van der Waals surface area contributed by atoms with Crippen LogP contribution in [-0.4, -0.2) is 54.2 Å². The number of nitrogens with two attached hydrogens (primary N) is 1. The van der Waals surface area contributed by atoms with E-state index in [1.165, 1.54) is 11.9 Å². The van der Waals surface area contributed by atoms with Gasteiger partial charge in [-0.2, -0.15) is 0 Å². The molecule has 1 aromatic rings. The molecule has 1 heterocycles. The Labute approximate surface area is 122 Å². The second kappa shape index (κ2) is 6.11. The van der Waals surface area contributed by atoms with E-state index in [1.54, 1.807) is 25.1 Å². The van der Waals surface area contributed by atoms with Crippen LogP contribution >= 0.6 is 0 Å². The van der Waals surface area contributed by atoms with Crippen LogP contribution in [0.3, 0.4) is 0 Å². The number of ketones is 1. The normalized spacial score (nSPS) is 15.4. The van der Waals surface area contributed by atoms with Gasteiger partial charge in [0, 0.05) is 12.6 Å². The summed E-state index contributed by atoms with van der Waals surface area (Å²) in [4.78, 5) is 25.5. The third-order valence-corrected chi connectivity index (χ3v) is 3.48. The van der Waals surface area contributed by atoms with E-state index in [1.807, 2.05) is 0 Å². The van der Waals surface area contributed by atoms with Gasteiger partial charge in [0.25, 0.3) is 0 Å². The molecule has 0 aromatic heterocycles. The number of likely N-dealkylation sites (N-methyl/N-ethyl adjacent to an activating group) is 1. The average molecular weight is 294 g/mol. The van der Waals surface area contributed by atoms with Crippen molar-refractivity contribution in [2.45, 2.75) is 19.0 Å². The van der Waals surface area contributed by atoms with Crippen LogP contribution in [0.15, 0.2) is 18.2 Å². The van der Waals surface area contributed by atoms with Crippen LogP contribution < -0.4 is 15.2 Å². The summed E-state index contributed by atoms with van der Waals surface area (Å²) in [6.07, 6.45) is 0. The van der Waals surface area contributed by atoms with Gasteiger partial charge in [-0.05, 0) is 25.1 Å². The van der Waals surface area contributed by atoms with Crippen LogP contribution in [0.2, 0.25) is 0 Å². The van der Waals surface area contributed by atoms with E-state index in [0.717, 1.165) is 0 Å². The molecule has 0 aliphatic carbocycles. The Kier molecular flexibility index (Phi) is 4.44. The minimum absolute atomic E-state index is 0.131. The Morgan fingerprint density at radius 1 is 1.38 bits per heavy atom. The number of fused-ring (bicyclic) bond motifs is 1. The van der Waals surface area contributed by atoms with Gasteiger partial charge in [-0.1, -0.05) is 0 Å². The highest BCUT2D eigenvalue weighted by molar-refractivity contribution is 6.02. The first kappa shape index (κ1) is 15.3. The molecule has 0 spiro atoms. The van der Waals surface area contributed by atoms with Gasteiger partial charge in [-0.3, -0.25) is 9.59 Å². The fourth-order valence-electron chi connectivity index (χ4n) is 2.00. The van der Waals surface area contributed by atoms with Gasteiger partial charge >= 0.3 is 0 Å². The number of rotatable bonds is 5. The summed E-state index contributed by atoms with van der Waals surface area (Å²) in [6, 6.07) is 3.14.